The minimum Gasteiger partial charge on any atom is -0.473 e. The molecule has 6 heteroatoms. The van der Waals surface area contributed by atoms with E-state index >= 15 is 0 Å². The number of likely N-dealkylation sites (N-methyl/N-ethyl adjacent to an activating group) is 1. The van der Waals surface area contributed by atoms with E-state index in [4.69, 9.17) is 4.74 Å². The average Bonchev–Trinajstić information content (AvgIpc) is 2.59. The molecule has 0 aliphatic heterocycles. The van der Waals surface area contributed by atoms with E-state index < -0.39 is 0 Å². The maximum atomic E-state index is 11.9. The van der Waals surface area contributed by atoms with Crippen LogP contribution in [0.4, 0.5) is 0 Å². The molecule has 1 heterocycles. The Hall–Kier alpha value is -2.89. The summed E-state index contributed by atoms with van der Waals surface area (Å²) >= 11 is 0. The minimum absolute atomic E-state index is 0.0236. The number of ether oxygens (including phenoxy) is 1. The van der Waals surface area contributed by atoms with Crippen LogP contribution in [0.15, 0.2) is 48.7 Å². The van der Waals surface area contributed by atoms with E-state index in [-0.39, 0.29) is 18.4 Å². The highest BCUT2D eigenvalue weighted by molar-refractivity contribution is 5.83. The highest BCUT2D eigenvalue weighted by atomic mass is 16.5. The van der Waals surface area contributed by atoms with Gasteiger partial charge in [0.15, 0.2) is 0 Å². The molecule has 0 radical (unpaired) electrons. The third kappa shape index (κ3) is 5.39. The molecule has 24 heavy (non-hydrogen) atoms. The molecular formula is C18H21N3O3. The fourth-order valence-corrected chi connectivity index (χ4v) is 1.99. The fourth-order valence-electron chi connectivity index (χ4n) is 1.99. The predicted molar refractivity (Wildman–Crippen MR) is 90.2 cm³/mol. The Labute approximate surface area is 141 Å². The van der Waals surface area contributed by atoms with Crippen molar-refractivity contribution in [2.75, 3.05) is 13.6 Å². The van der Waals surface area contributed by atoms with Gasteiger partial charge < -0.3 is 15.0 Å². The molecule has 0 bridgehead atoms. The minimum atomic E-state index is -0.231. The molecule has 1 N–H and O–H groups in total. The first kappa shape index (κ1) is 17.5. The fraction of sp³-hybridized carbons (Fsp3) is 0.278. The van der Waals surface area contributed by atoms with E-state index in [9.17, 15) is 9.59 Å². The molecule has 126 valence electrons. The van der Waals surface area contributed by atoms with Crippen LogP contribution in [0.2, 0.25) is 0 Å². The van der Waals surface area contributed by atoms with Crippen LogP contribution in [0.3, 0.4) is 0 Å². The lowest BCUT2D eigenvalue weighted by atomic mass is 10.2. The summed E-state index contributed by atoms with van der Waals surface area (Å²) in [5.74, 6) is 0.102. The van der Waals surface area contributed by atoms with E-state index in [1.54, 1.807) is 19.3 Å². The number of nitrogens with one attached hydrogen (secondary N) is 1. The number of carbonyl (C=O) groups is 2. The largest absolute Gasteiger partial charge is 0.473 e. The van der Waals surface area contributed by atoms with Gasteiger partial charge in [0, 0.05) is 32.3 Å². The van der Waals surface area contributed by atoms with Crippen molar-refractivity contribution in [3.63, 3.8) is 0 Å². The Balaban J connectivity index is 1.91. The first-order valence-electron chi connectivity index (χ1n) is 7.65. The molecule has 6 nitrogen and oxygen atoms in total. The molecule has 2 rings (SSSR count). The van der Waals surface area contributed by atoms with Crippen molar-refractivity contribution in [1.82, 2.24) is 15.2 Å². The van der Waals surface area contributed by atoms with Crippen LogP contribution in [0.25, 0.3) is 0 Å². The summed E-state index contributed by atoms with van der Waals surface area (Å²) in [6.45, 7) is 2.15. The van der Waals surface area contributed by atoms with Gasteiger partial charge in [-0.2, -0.15) is 0 Å². The molecule has 0 saturated heterocycles. The van der Waals surface area contributed by atoms with E-state index in [1.807, 2.05) is 36.4 Å². The third-order valence-electron chi connectivity index (χ3n) is 3.46. The van der Waals surface area contributed by atoms with Crippen molar-refractivity contribution in [3.05, 3.63) is 59.8 Å². The van der Waals surface area contributed by atoms with Gasteiger partial charge >= 0.3 is 0 Å². The van der Waals surface area contributed by atoms with E-state index in [0.717, 1.165) is 11.1 Å². The van der Waals surface area contributed by atoms with Crippen LogP contribution in [0.5, 0.6) is 5.88 Å². The van der Waals surface area contributed by atoms with Crippen LogP contribution >= 0.6 is 0 Å². The quantitative estimate of drug-likeness (QED) is 0.841. The van der Waals surface area contributed by atoms with Crippen molar-refractivity contribution in [2.24, 2.45) is 0 Å². The number of aromatic nitrogens is 1. The molecule has 0 atom stereocenters. The van der Waals surface area contributed by atoms with Gasteiger partial charge in [-0.05, 0) is 11.6 Å². The summed E-state index contributed by atoms with van der Waals surface area (Å²) in [7, 11) is 1.58. The van der Waals surface area contributed by atoms with Crippen molar-refractivity contribution in [2.45, 2.75) is 20.1 Å². The SMILES string of the molecule is CC(=O)N(C)CC(=O)NCc1cccnc1OCc1ccccc1. The first-order valence-corrected chi connectivity index (χ1v) is 7.65. The van der Waals surface area contributed by atoms with Gasteiger partial charge in [-0.15, -0.1) is 0 Å². The molecule has 2 aromatic rings. The van der Waals surface area contributed by atoms with E-state index in [1.165, 1.54) is 11.8 Å². The topological polar surface area (TPSA) is 71.5 Å². The highest BCUT2D eigenvalue weighted by Gasteiger charge is 2.10. The maximum Gasteiger partial charge on any atom is 0.239 e. The normalized spacial score (nSPS) is 10.1. The van der Waals surface area contributed by atoms with Crippen LogP contribution in [-0.4, -0.2) is 35.3 Å². The zero-order chi connectivity index (χ0) is 17.4. The Kier molecular flexibility index (Phi) is 6.31. The lowest BCUT2D eigenvalue weighted by Gasteiger charge is -2.15. The molecule has 1 aromatic carbocycles. The second-order valence-corrected chi connectivity index (χ2v) is 5.39. The van der Waals surface area contributed by atoms with Gasteiger partial charge in [0.05, 0.1) is 6.54 Å². The third-order valence-corrected chi connectivity index (χ3v) is 3.46. The summed E-state index contributed by atoms with van der Waals surface area (Å²) in [5, 5.41) is 2.77. The van der Waals surface area contributed by atoms with E-state index in [2.05, 4.69) is 10.3 Å². The lowest BCUT2D eigenvalue weighted by molar-refractivity contribution is -0.133. The molecule has 1 aromatic heterocycles. The molecule has 0 fully saturated rings. The Bertz CT molecular complexity index is 689. The van der Waals surface area contributed by atoms with Gasteiger partial charge in [-0.1, -0.05) is 36.4 Å². The number of hydrogen-bond acceptors (Lipinski definition) is 4. The summed E-state index contributed by atoms with van der Waals surface area (Å²) in [6.07, 6.45) is 1.65. The summed E-state index contributed by atoms with van der Waals surface area (Å²) in [6, 6.07) is 13.4. The van der Waals surface area contributed by atoms with Crippen molar-refractivity contribution in [3.8, 4) is 5.88 Å². The van der Waals surface area contributed by atoms with Gasteiger partial charge in [-0.25, -0.2) is 4.98 Å². The maximum absolute atomic E-state index is 11.9. The molecular weight excluding hydrogens is 306 g/mol. The van der Waals surface area contributed by atoms with Crippen LogP contribution in [0.1, 0.15) is 18.1 Å². The summed E-state index contributed by atoms with van der Waals surface area (Å²) < 4.78 is 5.75. The smallest absolute Gasteiger partial charge is 0.239 e. The number of carbonyl (C=O) groups excluding carboxylic acids is 2. The first-order chi connectivity index (χ1) is 11.6. The average molecular weight is 327 g/mol. The van der Waals surface area contributed by atoms with E-state index in [0.29, 0.717) is 19.0 Å². The van der Waals surface area contributed by atoms with Crippen LogP contribution < -0.4 is 10.1 Å². The number of rotatable bonds is 7. The molecule has 0 unspecified atom stereocenters. The number of benzene rings is 1. The number of pyridine rings is 1. The van der Waals surface area contributed by atoms with Gasteiger partial charge in [0.25, 0.3) is 0 Å². The van der Waals surface area contributed by atoms with Crippen LogP contribution in [0, 0.1) is 0 Å². The second-order valence-electron chi connectivity index (χ2n) is 5.39. The Morgan fingerprint density at radius 2 is 1.92 bits per heavy atom. The summed E-state index contributed by atoms with van der Waals surface area (Å²) in [4.78, 5) is 28.6. The van der Waals surface area contributed by atoms with Crippen LogP contribution in [-0.2, 0) is 22.7 Å². The predicted octanol–water partition coefficient (Wildman–Crippen LogP) is 1.76. The van der Waals surface area contributed by atoms with Crippen molar-refractivity contribution >= 4 is 11.8 Å². The standard InChI is InChI=1S/C18H21N3O3/c1-14(22)21(2)12-17(23)20-11-16-9-6-10-19-18(16)24-13-15-7-4-3-5-8-15/h3-10H,11-13H2,1-2H3,(H,20,23). The molecule has 0 saturated carbocycles. The number of hydrogen-bond donors (Lipinski definition) is 1. The molecule has 0 aliphatic rings. The molecule has 0 spiro atoms. The monoisotopic (exact) mass is 327 g/mol. The second kappa shape index (κ2) is 8.67. The molecule has 2 amide bonds. The summed E-state index contributed by atoms with van der Waals surface area (Å²) in [5.41, 5.74) is 1.83. The Morgan fingerprint density at radius 1 is 1.17 bits per heavy atom. The highest BCUT2D eigenvalue weighted by Crippen LogP contribution is 2.15. The lowest BCUT2D eigenvalue weighted by Crippen LogP contribution is -2.37. The Morgan fingerprint density at radius 3 is 2.62 bits per heavy atom. The number of amides is 2. The van der Waals surface area contributed by atoms with Gasteiger partial charge in [0.2, 0.25) is 17.7 Å². The molecule has 0 aliphatic carbocycles. The number of nitrogens with zero attached hydrogens (tertiary/aromatic N) is 2. The van der Waals surface area contributed by atoms with Crippen molar-refractivity contribution in [1.29, 1.82) is 0 Å². The van der Waals surface area contributed by atoms with Gasteiger partial charge in [-0.3, -0.25) is 9.59 Å². The van der Waals surface area contributed by atoms with Crippen molar-refractivity contribution < 1.29 is 14.3 Å². The zero-order valence-electron chi connectivity index (χ0n) is 13.9. The van der Waals surface area contributed by atoms with Gasteiger partial charge in [0.1, 0.15) is 6.61 Å². The zero-order valence-corrected chi connectivity index (χ0v) is 13.9.